The van der Waals surface area contributed by atoms with Crippen molar-refractivity contribution in [2.75, 3.05) is 36.0 Å². The van der Waals surface area contributed by atoms with Crippen LogP contribution in [-0.2, 0) is 0 Å². The van der Waals surface area contributed by atoms with Crippen molar-refractivity contribution in [2.45, 2.75) is 0 Å². The molecule has 0 unspecified atom stereocenters. The summed E-state index contributed by atoms with van der Waals surface area (Å²) in [7, 11) is 0. The van der Waals surface area contributed by atoms with E-state index in [-0.39, 0.29) is 0 Å². The highest BCUT2D eigenvalue weighted by atomic mass is 35.5. The molecule has 0 N–H and O–H groups in total. The molecular weight excluding hydrogens is 262 g/mol. The molecule has 3 heterocycles. The summed E-state index contributed by atoms with van der Waals surface area (Å²) in [5.74, 6) is 1.91. The average molecular weight is 276 g/mol. The van der Waals surface area contributed by atoms with E-state index >= 15 is 0 Å². The first kappa shape index (κ1) is 12.2. The van der Waals surface area contributed by atoms with E-state index < -0.39 is 0 Å². The number of piperazine rings is 1. The summed E-state index contributed by atoms with van der Waals surface area (Å²) < 4.78 is 0. The van der Waals surface area contributed by atoms with Gasteiger partial charge in [0.1, 0.15) is 5.82 Å². The van der Waals surface area contributed by atoms with E-state index in [2.05, 4.69) is 25.0 Å². The minimum Gasteiger partial charge on any atom is -0.353 e. The highest BCUT2D eigenvalue weighted by molar-refractivity contribution is 6.29. The van der Waals surface area contributed by atoms with Gasteiger partial charge in [0.15, 0.2) is 11.0 Å². The highest BCUT2D eigenvalue weighted by Crippen LogP contribution is 2.17. The molecule has 1 saturated heterocycles. The molecule has 6 heteroatoms. The van der Waals surface area contributed by atoms with Crippen LogP contribution in [0.15, 0.2) is 36.5 Å². The number of aromatic nitrogens is 3. The zero-order valence-corrected chi connectivity index (χ0v) is 11.2. The summed E-state index contributed by atoms with van der Waals surface area (Å²) in [4.78, 5) is 8.86. The third kappa shape index (κ3) is 2.76. The lowest BCUT2D eigenvalue weighted by Gasteiger charge is -2.35. The lowest BCUT2D eigenvalue weighted by Crippen LogP contribution is -2.47. The SMILES string of the molecule is Clc1ccc(N2CCN(c3ccccn3)CC2)nn1. The van der Waals surface area contributed by atoms with Crippen molar-refractivity contribution >= 4 is 23.2 Å². The zero-order valence-electron chi connectivity index (χ0n) is 10.4. The molecule has 5 nitrogen and oxygen atoms in total. The van der Waals surface area contributed by atoms with Crippen LogP contribution in [0, 0.1) is 0 Å². The van der Waals surface area contributed by atoms with Crippen molar-refractivity contribution in [1.29, 1.82) is 0 Å². The van der Waals surface area contributed by atoms with Crippen molar-refractivity contribution in [1.82, 2.24) is 15.2 Å². The molecule has 0 atom stereocenters. The molecule has 0 aliphatic carbocycles. The normalized spacial score (nSPS) is 15.6. The van der Waals surface area contributed by atoms with Crippen LogP contribution in [0.25, 0.3) is 0 Å². The Balaban J connectivity index is 1.65. The smallest absolute Gasteiger partial charge is 0.151 e. The number of nitrogens with zero attached hydrogens (tertiary/aromatic N) is 5. The maximum atomic E-state index is 5.75. The van der Waals surface area contributed by atoms with Gasteiger partial charge in [-0.3, -0.25) is 0 Å². The number of hydrogen-bond acceptors (Lipinski definition) is 5. The minimum atomic E-state index is 0.427. The number of rotatable bonds is 2. The standard InChI is InChI=1S/C13H14ClN5/c14-11-4-5-13(17-16-11)19-9-7-18(8-10-19)12-3-1-2-6-15-12/h1-6H,7-10H2. The van der Waals surface area contributed by atoms with Gasteiger partial charge in [0, 0.05) is 32.4 Å². The maximum Gasteiger partial charge on any atom is 0.151 e. The summed E-state index contributed by atoms with van der Waals surface area (Å²) in [5, 5.41) is 8.42. The monoisotopic (exact) mass is 275 g/mol. The van der Waals surface area contributed by atoms with Gasteiger partial charge in [-0.05, 0) is 24.3 Å². The van der Waals surface area contributed by atoms with E-state index in [1.54, 1.807) is 6.07 Å². The molecule has 0 radical (unpaired) electrons. The zero-order chi connectivity index (χ0) is 13.1. The van der Waals surface area contributed by atoms with Gasteiger partial charge in [-0.25, -0.2) is 4.98 Å². The van der Waals surface area contributed by atoms with E-state index in [4.69, 9.17) is 11.6 Å². The quantitative estimate of drug-likeness (QED) is 0.837. The third-order valence-electron chi connectivity index (χ3n) is 3.19. The fourth-order valence-electron chi connectivity index (χ4n) is 2.18. The van der Waals surface area contributed by atoms with Gasteiger partial charge >= 0.3 is 0 Å². The molecular formula is C13H14ClN5. The fourth-order valence-corrected chi connectivity index (χ4v) is 2.28. The Hall–Kier alpha value is -1.88. The molecule has 3 rings (SSSR count). The van der Waals surface area contributed by atoms with Crippen LogP contribution in [0.4, 0.5) is 11.6 Å². The average Bonchev–Trinajstić information content (AvgIpc) is 2.49. The molecule has 1 fully saturated rings. The van der Waals surface area contributed by atoms with Crippen molar-refractivity contribution < 1.29 is 0 Å². The number of anilines is 2. The number of pyridine rings is 1. The second-order valence-corrected chi connectivity index (χ2v) is 4.76. The van der Waals surface area contributed by atoms with Crippen molar-refractivity contribution in [2.24, 2.45) is 0 Å². The minimum absolute atomic E-state index is 0.427. The molecule has 0 saturated carbocycles. The summed E-state index contributed by atoms with van der Waals surface area (Å²) in [6, 6.07) is 9.67. The lowest BCUT2D eigenvalue weighted by molar-refractivity contribution is 0.638. The Labute approximate surface area is 116 Å². The van der Waals surface area contributed by atoms with Gasteiger partial charge in [0.2, 0.25) is 0 Å². The number of halogens is 1. The number of hydrogen-bond donors (Lipinski definition) is 0. The molecule has 1 aliphatic rings. The highest BCUT2D eigenvalue weighted by Gasteiger charge is 2.18. The van der Waals surface area contributed by atoms with Crippen LogP contribution in [0.2, 0.25) is 5.15 Å². The maximum absolute atomic E-state index is 5.75. The second-order valence-electron chi connectivity index (χ2n) is 4.38. The molecule has 98 valence electrons. The molecule has 19 heavy (non-hydrogen) atoms. The Morgan fingerprint density at radius 1 is 0.842 bits per heavy atom. The van der Waals surface area contributed by atoms with Crippen LogP contribution >= 0.6 is 11.6 Å². The first-order valence-electron chi connectivity index (χ1n) is 6.23. The van der Waals surface area contributed by atoms with E-state index in [0.717, 1.165) is 37.8 Å². The molecule has 0 spiro atoms. The third-order valence-corrected chi connectivity index (χ3v) is 3.40. The van der Waals surface area contributed by atoms with Crippen LogP contribution < -0.4 is 9.80 Å². The summed E-state index contributed by atoms with van der Waals surface area (Å²) in [6.07, 6.45) is 1.83. The van der Waals surface area contributed by atoms with E-state index in [1.807, 2.05) is 30.5 Å². The Kier molecular flexibility index (Phi) is 3.46. The molecule has 0 bridgehead atoms. The Morgan fingerprint density at radius 2 is 1.58 bits per heavy atom. The predicted molar refractivity (Wildman–Crippen MR) is 75.7 cm³/mol. The largest absolute Gasteiger partial charge is 0.353 e. The molecule has 1 aliphatic heterocycles. The van der Waals surface area contributed by atoms with Gasteiger partial charge in [-0.1, -0.05) is 17.7 Å². The topological polar surface area (TPSA) is 45.2 Å². The fraction of sp³-hybridized carbons (Fsp3) is 0.308. The van der Waals surface area contributed by atoms with Crippen LogP contribution in [0.1, 0.15) is 0 Å². The van der Waals surface area contributed by atoms with Crippen molar-refractivity contribution in [3.63, 3.8) is 0 Å². The van der Waals surface area contributed by atoms with Crippen LogP contribution in [-0.4, -0.2) is 41.4 Å². The summed E-state index contributed by atoms with van der Waals surface area (Å²) in [6.45, 7) is 3.68. The van der Waals surface area contributed by atoms with Crippen molar-refractivity contribution in [3.05, 3.63) is 41.7 Å². The molecule has 2 aromatic rings. The Morgan fingerprint density at radius 3 is 2.16 bits per heavy atom. The predicted octanol–water partition coefficient (Wildman–Crippen LogP) is 1.85. The second kappa shape index (κ2) is 5.40. The van der Waals surface area contributed by atoms with Gasteiger partial charge in [-0.15, -0.1) is 10.2 Å². The Bertz CT molecular complexity index is 522. The van der Waals surface area contributed by atoms with E-state index in [1.165, 1.54) is 0 Å². The summed E-state index contributed by atoms with van der Waals surface area (Å²) >= 11 is 5.75. The van der Waals surface area contributed by atoms with Crippen molar-refractivity contribution in [3.8, 4) is 0 Å². The van der Waals surface area contributed by atoms with Crippen LogP contribution in [0.3, 0.4) is 0 Å². The van der Waals surface area contributed by atoms with Gasteiger partial charge < -0.3 is 9.80 Å². The molecule has 0 amide bonds. The summed E-state index contributed by atoms with van der Waals surface area (Å²) in [5.41, 5.74) is 0. The van der Waals surface area contributed by atoms with Gasteiger partial charge in [-0.2, -0.15) is 0 Å². The van der Waals surface area contributed by atoms with E-state index in [0.29, 0.717) is 5.15 Å². The van der Waals surface area contributed by atoms with Gasteiger partial charge in [0.05, 0.1) is 0 Å². The molecule has 2 aromatic heterocycles. The lowest BCUT2D eigenvalue weighted by atomic mass is 10.3. The van der Waals surface area contributed by atoms with E-state index in [9.17, 15) is 0 Å². The first-order valence-corrected chi connectivity index (χ1v) is 6.61. The molecule has 0 aromatic carbocycles. The first-order chi connectivity index (χ1) is 9.33. The van der Waals surface area contributed by atoms with Crippen LogP contribution in [0.5, 0.6) is 0 Å². The van der Waals surface area contributed by atoms with Gasteiger partial charge in [0.25, 0.3) is 0 Å².